The molecule has 1 fully saturated rings. The molecule has 1 aliphatic rings. The van der Waals surface area contributed by atoms with Crippen LogP contribution in [0.3, 0.4) is 0 Å². The number of phenolic OH excluding ortho intramolecular Hbond substituents is 2. The summed E-state index contributed by atoms with van der Waals surface area (Å²) in [5.41, 5.74) is 0.118. The topological polar surface area (TPSA) is 90.8 Å². The molecule has 0 saturated heterocycles. The molecule has 0 radical (unpaired) electrons. The van der Waals surface area contributed by atoms with Crippen molar-refractivity contribution in [1.82, 2.24) is 10.6 Å². The number of carbonyl (C=O) groups is 1. The number of hydrogen-bond acceptors (Lipinski definition) is 5. The van der Waals surface area contributed by atoms with Gasteiger partial charge in [-0.3, -0.25) is 0 Å². The van der Waals surface area contributed by atoms with Gasteiger partial charge in [-0.2, -0.15) is 0 Å². The Morgan fingerprint density at radius 3 is 2.71 bits per heavy atom. The van der Waals surface area contributed by atoms with E-state index >= 15 is 0 Å². The van der Waals surface area contributed by atoms with Gasteiger partial charge in [0.1, 0.15) is 5.60 Å². The molecule has 116 valence electrons. The van der Waals surface area contributed by atoms with Gasteiger partial charge in [0.25, 0.3) is 0 Å². The molecule has 4 N–H and O–H groups in total. The number of aromatic hydroxyl groups is 2. The lowest BCUT2D eigenvalue weighted by Gasteiger charge is -2.19. The molecule has 2 rings (SSSR count). The molecule has 0 aromatic heterocycles. The number of rotatable bonds is 4. The minimum Gasteiger partial charge on any atom is -0.504 e. The molecule has 0 heterocycles. The third-order valence-corrected chi connectivity index (χ3v) is 3.15. The molecule has 6 nitrogen and oxygen atoms in total. The summed E-state index contributed by atoms with van der Waals surface area (Å²) in [7, 11) is 0. The first-order valence-electron chi connectivity index (χ1n) is 6.99. The molecule has 1 aromatic rings. The number of ether oxygens (including phenoxy) is 1. The summed E-state index contributed by atoms with van der Waals surface area (Å²) in [6.45, 7) is 5.89. The quantitative estimate of drug-likeness (QED) is 0.636. The van der Waals surface area contributed by atoms with Crippen LogP contribution in [-0.4, -0.2) is 34.0 Å². The van der Waals surface area contributed by atoms with E-state index in [0.717, 1.165) is 6.42 Å². The highest BCUT2D eigenvalue weighted by molar-refractivity contribution is 5.68. The Hall–Kier alpha value is -1.95. The average Bonchev–Trinajstić information content (AvgIpc) is 3.07. The van der Waals surface area contributed by atoms with E-state index in [-0.39, 0.29) is 23.6 Å². The molecular weight excluding hydrogens is 272 g/mol. The SMILES string of the molecule is CC(C)(C)OC(=O)NC1CC1NCc1cccc(O)c1O. The van der Waals surface area contributed by atoms with Crippen molar-refractivity contribution in [2.45, 2.75) is 51.4 Å². The maximum absolute atomic E-state index is 11.6. The number of hydrogen-bond donors (Lipinski definition) is 4. The van der Waals surface area contributed by atoms with Crippen LogP contribution in [0.5, 0.6) is 11.5 Å². The zero-order chi connectivity index (χ0) is 15.6. The van der Waals surface area contributed by atoms with Gasteiger partial charge < -0.3 is 25.6 Å². The van der Waals surface area contributed by atoms with Crippen LogP contribution in [0.4, 0.5) is 4.79 Å². The molecule has 1 saturated carbocycles. The smallest absolute Gasteiger partial charge is 0.407 e. The van der Waals surface area contributed by atoms with E-state index in [1.54, 1.807) is 12.1 Å². The first-order chi connectivity index (χ1) is 9.76. The minimum absolute atomic E-state index is 0.0410. The van der Waals surface area contributed by atoms with Gasteiger partial charge in [-0.05, 0) is 33.3 Å². The van der Waals surface area contributed by atoms with E-state index in [1.165, 1.54) is 6.07 Å². The number of alkyl carbamates (subject to hydrolysis) is 1. The van der Waals surface area contributed by atoms with Crippen molar-refractivity contribution in [3.63, 3.8) is 0 Å². The van der Waals surface area contributed by atoms with E-state index in [9.17, 15) is 15.0 Å². The van der Waals surface area contributed by atoms with Crippen LogP contribution in [0.15, 0.2) is 18.2 Å². The van der Waals surface area contributed by atoms with Gasteiger partial charge in [-0.1, -0.05) is 12.1 Å². The summed E-state index contributed by atoms with van der Waals surface area (Å²) in [5, 5.41) is 25.1. The fraction of sp³-hybridized carbons (Fsp3) is 0.533. The van der Waals surface area contributed by atoms with E-state index in [0.29, 0.717) is 12.1 Å². The molecule has 0 aliphatic heterocycles. The van der Waals surface area contributed by atoms with Crippen molar-refractivity contribution >= 4 is 6.09 Å². The predicted octanol–water partition coefficient (Wildman–Crippen LogP) is 1.85. The normalized spacial score (nSPS) is 20.9. The lowest BCUT2D eigenvalue weighted by Crippen LogP contribution is -2.36. The van der Waals surface area contributed by atoms with Crippen molar-refractivity contribution < 1.29 is 19.7 Å². The maximum Gasteiger partial charge on any atom is 0.407 e. The molecule has 21 heavy (non-hydrogen) atoms. The third kappa shape index (κ3) is 4.53. The second-order valence-electron chi connectivity index (χ2n) is 6.26. The van der Waals surface area contributed by atoms with Crippen molar-refractivity contribution in [2.24, 2.45) is 0 Å². The summed E-state index contributed by atoms with van der Waals surface area (Å²) < 4.78 is 5.18. The fourth-order valence-corrected chi connectivity index (χ4v) is 2.00. The van der Waals surface area contributed by atoms with Gasteiger partial charge >= 0.3 is 6.09 Å². The van der Waals surface area contributed by atoms with Gasteiger partial charge in [-0.15, -0.1) is 0 Å². The summed E-state index contributed by atoms with van der Waals surface area (Å²) >= 11 is 0. The Morgan fingerprint density at radius 2 is 2.05 bits per heavy atom. The Bertz CT molecular complexity index is 525. The number of benzene rings is 1. The monoisotopic (exact) mass is 294 g/mol. The molecule has 2 unspecified atom stereocenters. The van der Waals surface area contributed by atoms with Gasteiger partial charge in [0.05, 0.1) is 0 Å². The number of amides is 1. The highest BCUT2D eigenvalue weighted by Gasteiger charge is 2.38. The molecule has 1 aliphatic carbocycles. The molecule has 0 spiro atoms. The maximum atomic E-state index is 11.6. The number of carbonyl (C=O) groups excluding carboxylic acids is 1. The second-order valence-corrected chi connectivity index (χ2v) is 6.26. The van der Waals surface area contributed by atoms with Crippen LogP contribution < -0.4 is 10.6 Å². The first-order valence-corrected chi connectivity index (χ1v) is 6.99. The van der Waals surface area contributed by atoms with Gasteiger partial charge in [0.15, 0.2) is 11.5 Å². The standard InChI is InChI=1S/C15H22N2O4/c1-15(2,3)21-14(20)17-11-7-10(11)16-8-9-5-4-6-12(18)13(9)19/h4-6,10-11,16,18-19H,7-8H2,1-3H3,(H,17,20). The molecule has 1 aromatic carbocycles. The number of nitrogens with one attached hydrogen (secondary N) is 2. The number of phenols is 2. The Balaban J connectivity index is 1.75. The largest absolute Gasteiger partial charge is 0.504 e. The van der Waals surface area contributed by atoms with Gasteiger partial charge in [0.2, 0.25) is 0 Å². The van der Waals surface area contributed by atoms with E-state index in [1.807, 2.05) is 20.8 Å². The van der Waals surface area contributed by atoms with E-state index < -0.39 is 11.7 Å². The van der Waals surface area contributed by atoms with Crippen molar-refractivity contribution in [1.29, 1.82) is 0 Å². The summed E-state index contributed by atoms with van der Waals surface area (Å²) in [6.07, 6.45) is 0.399. The third-order valence-electron chi connectivity index (χ3n) is 3.15. The molecule has 6 heteroatoms. The van der Waals surface area contributed by atoms with E-state index in [2.05, 4.69) is 10.6 Å². The highest BCUT2D eigenvalue weighted by atomic mass is 16.6. The van der Waals surface area contributed by atoms with Gasteiger partial charge in [-0.25, -0.2) is 4.79 Å². The Morgan fingerprint density at radius 1 is 1.33 bits per heavy atom. The Labute approximate surface area is 124 Å². The second kappa shape index (κ2) is 5.81. The van der Waals surface area contributed by atoms with Crippen LogP contribution in [0.25, 0.3) is 0 Å². The minimum atomic E-state index is -0.505. The zero-order valence-electron chi connectivity index (χ0n) is 12.5. The number of para-hydroxylation sites is 1. The van der Waals surface area contributed by atoms with E-state index in [4.69, 9.17) is 4.74 Å². The van der Waals surface area contributed by atoms with Crippen LogP contribution in [0.2, 0.25) is 0 Å². The van der Waals surface area contributed by atoms with Crippen LogP contribution in [0, 0.1) is 0 Å². The lowest BCUT2D eigenvalue weighted by molar-refractivity contribution is 0.0522. The van der Waals surface area contributed by atoms with Crippen molar-refractivity contribution in [3.8, 4) is 11.5 Å². The first kappa shape index (κ1) is 15.4. The van der Waals surface area contributed by atoms with Gasteiger partial charge in [0, 0.05) is 24.2 Å². The Kier molecular flexibility index (Phi) is 4.27. The molecule has 2 atom stereocenters. The molecule has 0 bridgehead atoms. The van der Waals surface area contributed by atoms with Crippen molar-refractivity contribution in [2.75, 3.05) is 0 Å². The predicted molar refractivity (Wildman–Crippen MR) is 78.2 cm³/mol. The van der Waals surface area contributed by atoms with Crippen molar-refractivity contribution in [3.05, 3.63) is 23.8 Å². The highest BCUT2D eigenvalue weighted by Crippen LogP contribution is 2.29. The summed E-state index contributed by atoms with van der Waals surface area (Å²) in [5.74, 6) is -0.240. The molecule has 1 amide bonds. The molecular formula is C15H22N2O4. The summed E-state index contributed by atoms with van der Waals surface area (Å²) in [6, 6.07) is 5.04. The fourth-order valence-electron chi connectivity index (χ4n) is 2.00. The average molecular weight is 294 g/mol. The van der Waals surface area contributed by atoms with Crippen LogP contribution >= 0.6 is 0 Å². The lowest BCUT2D eigenvalue weighted by atomic mass is 10.2. The zero-order valence-corrected chi connectivity index (χ0v) is 12.5. The van der Waals surface area contributed by atoms with Crippen LogP contribution in [0.1, 0.15) is 32.8 Å². The summed E-state index contributed by atoms with van der Waals surface area (Å²) in [4.78, 5) is 11.6. The van der Waals surface area contributed by atoms with Crippen LogP contribution in [-0.2, 0) is 11.3 Å².